The van der Waals surface area contributed by atoms with Gasteiger partial charge in [-0.25, -0.2) is 4.39 Å². The van der Waals surface area contributed by atoms with Crippen LogP contribution in [0.3, 0.4) is 0 Å². The van der Waals surface area contributed by atoms with E-state index < -0.39 is 0 Å². The molecule has 1 heterocycles. The van der Waals surface area contributed by atoms with Gasteiger partial charge < -0.3 is 10.1 Å². The lowest BCUT2D eigenvalue weighted by Crippen LogP contribution is -2.35. The third kappa shape index (κ3) is 3.42. The van der Waals surface area contributed by atoms with Gasteiger partial charge in [-0.1, -0.05) is 0 Å². The third-order valence-corrected chi connectivity index (χ3v) is 2.76. The number of aromatic amines is 1. The van der Waals surface area contributed by atoms with E-state index in [1.165, 1.54) is 12.1 Å². The van der Waals surface area contributed by atoms with Gasteiger partial charge in [-0.15, -0.1) is 0 Å². The summed E-state index contributed by atoms with van der Waals surface area (Å²) in [4.78, 5) is 11.9. The van der Waals surface area contributed by atoms with Crippen molar-refractivity contribution in [3.8, 4) is 11.3 Å². The number of nitrogens with one attached hydrogen (secondary N) is 2. The number of ether oxygens (including phenoxy) is 1. The highest BCUT2D eigenvalue weighted by atomic mass is 19.1. The molecule has 1 amide bonds. The fourth-order valence-electron chi connectivity index (χ4n) is 1.80. The van der Waals surface area contributed by atoms with Gasteiger partial charge in [0.2, 0.25) is 0 Å². The number of hydrogen-bond acceptors (Lipinski definition) is 3. The molecule has 2 aromatic rings. The van der Waals surface area contributed by atoms with Crippen molar-refractivity contribution in [3.05, 3.63) is 41.8 Å². The molecule has 2 N–H and O–H groups in total. The first-order valence-corrected chi connectivity index (χ1v) is 6.21. The van der Waals surface area contributed by atoms with Gasteiger partial charge in [0.25, 0.3) is 5.91 Å². The molecule has 20 heavy (non-hydrogen) atoms. The second-order valence-electron chi connectivity index (χ2n) is 4.50. The van der Waals surface area contributed by atoms with E-state index in [0.29, 0.717) is 18.0 Å². The van der Waals surface area contributed by atoms with Gasteiger partial charge in [0.05, 0.1) is 12.3 Å². The van der Waals surface area contributed by atoms with E-state index in [1.807, 2.05) is 6.92 Å². The van der Waals surface area contributed by atoms with Crippen LogP contribution in [-0.2, 0) is 4.74 Å². The zero-order valence-electron chi connectivity index (χ0n) is 11.3. The summed E-state index contributed by atoms with van der Waals surface area (Å²) in [6, 6.07) is 7.46. The molecule has 5 nitrogen and oxygen atoms in total. The van der Waals surface area contributed by atoms with Gasteiger partial charge in [0, 0.05) is 18.7 Å². The summed E-state index contributed by atoms with van der Waals surface area (Å²) in [5, 5.41) is 9.50. The SMILES string of the molecule is COC[C@H](C)NC(=O)c1cc(-c2ccc(F)cc2)n[nH]1. The average Bonchev–Trinajstić information content (AvgIpc) is 2.89. The molecule has 0 aliphatic carbocycles. The van der Waals surface area contributed by atoms with Crippen molar-refractivity contribution < 1.29 is 13.9 Å². The summed E-state index contributed by atoms with van der Waals surface area (Å²) in [5.41, 5.74) is 1.69. The van der Waals surface area contributed by atoms with Crippen LogP contribution in [0.5, 0.6) is 0 Å². The van der Waals surface area contributed by atoms with Crippen molar-refractivity contribution in [2.24, 2.45) is 0 Å². The number of benzene rings is 1. The van der Waals surface area contributed by atoms with Crippen LogP contribution >= 0.6 is 0 Å². The Kier molecular flexibility index (Phi) is 4.47. The van der Waals surface area contributed by atoms with E-state index >= 15 is 0 Å². The fourth-order valence-corrected chi connectivity index (χ4v) is 1.80. The molecule has 6 heteroatoms. The molecule has 0 radical (unpaired) electrons. The number of rotatable bonds is 5. The lowest BCUT2D eigenvalue weighted by molar-refractivity contribution is 0.0900. The van der Waals surface area contributed by atoms with Crippen LogP contribution in [0, 0.1) is 5.82 Å². The summed E-state index contributed by atoms with van der Waals surface area (Å²) in [5.74, 6) is -0.564. The van der Waals surface area contributed by atoms with Crippen LogP contribution in [-0.4, -0.2) is 35.9 Å². The second kappa shape index (κ2) is 6.29. The lowest BCUT2D eigenvalue weighted by Gasteiger charge is -2.11. The molecular formula is C14H16FN3O2. The summed E-state index contributed by atoms with van der Waals surface area (Å²) < 4.78 is 17.8. The van der Waals surface area contributed by atoms with Crippen LogP contribution in [0.4, 0.5) is 4.39 Å². The Morgan fingerprint density at radius 1 is 1.45 bits per heavy atom. The largest absolute Gasteiger partial charge is 0.383 e. The van der Waals surface area contributed by atoms with Gasteiger partial charge in [-0.2, -0.15) is 5.10 Å². The quantitative estimate of drug-likeness (QED) is 0.878. The molecule has 0 bridgehead atoms. The maximum absolute atomic E-state index is 12.8. The minimum atomic E-state index is -0.310. The monoisotopic (exact) mass is 277 g/mol. The second-order valence-corrected chi connectivity index (χ2v) is 4.50. The van der Waals surface area contributed by atoms with Crippen molar-refractivity contribution in [1.29, 1.82) is 0 Å². The topological polar surface area (TPSA) is 67.0 Å². The van der Waals surface area contributed by atoms with Gasteiger partial charge in [0.1, 0.15) is 11.5 Å². The van der Waals surface area contributed by atoms with E-state index in [1.54, 1.807) is 25.3 Å². The Hall–Kier alpha value is -2.21. The zero-order valence-corrected chi connectivity index (χ0v) is 11.3. The van der Waals surface area contributed by atoms with Gasteiger partial charge in [-0.05, 0) is 37.3 Å². The maximum Gasteiger partial charge on any atom is 0.269 e. The molecule has 0 unspecified atom stereocenters. The molecule has 1 atom stereocenters. The van der Waals surface area contributed by atoms with Gasteiger partial charge in [-0.3, -0.25) is 9.89 Å². The van der Waals surface area contributed by atoms with E-state index in [-0.39, 0.29) is 17.8 Å². The summed E-state index contributed by atoms with van der Waals surface area (Å²) in [6.07, 6.45) is 0. The maximum atomic E-state index is 12.8. The number of hydrogen-bond donors (Lipinski definition) is 2. The molecule has 1 aromatic carbocycles. The highest BCUT2D eigenvalue weighted by molar-refractivity contribution is 5.93. The molecule has 0 aliphatic rings. The summed E-state index contributed by atoms with van der Waals surface area (Å²) in [6.45, 7) is 2.28. The van der Waals surface area contributed by atoms with Crippen LogP contribution in [0.2, 0.25) is 0 Å². The smallest absolute Gasteiger partial charge is 0.269 e. The first kappa shape index (κ1) is 14.2. The predicted molar refractivity (Wildman–Crippen MR) is 72.8 cm³/mol. The number of carbonyl (C=O) groups is 1. The summed E-state index contributed by atoms with van der Waals surface area (Å²) >= 11 is 0. The van der Waals surface area contributed by atoms with E-state index in [4.69, 9.17) is 4.74 Å². The van der Waals surface area contributed by atoms with Gasteiger partial charge in [0.15, 0.2) is 0 Å². The molecule has 2 rings (SSSR count). The number of H-pyrrole nitrogens is 1. The molecule has 1 aromatic heterocycles. The molecular weight excluding hydrogens is 261 g/mol. The highest BCUT2D eigenvalue weighted by Crippen LogP contribution is 2.17. The number of methoxy groups -OCH3 is 1. The normalized spacial score (nSPS) is 12.2. The number of nitrogens with zero attached hydrogens (tertiary/aromatic N) is 1. The van der Waals surface area contributed by atoms with E-state index in [9.17, 15) is 9.18 Å². The van der Waals surface area contributed by atoms with Crippen LogP contribution in [0.25, 0.3) is 11.3 Å². The molecule has 0 spiro atoms. The lowest BCUT2D eigenvalue weighted by atomic mass is 10.1. The predicted octanol–water partition coefficient (Wildman–Crippen LogP) is 1.98. The average molecular weight is 277 g/mol. The zero-order chi connectivity index (χ0) is 14.5. The minimum Gasteiger partial charge on any atom is -0.383 e. The van der Waals surface area contributed by atoms with E-state index in [2.05, 4.69) is 15.5 Å². The Morgan fingerprint density at radius 2 is 2.15 bits per heavy atom. The van der Waals surface area contributed by atoms with Crippen molar-refractivity contribution in [2.75, 3.05) is 13.7 Å². The van der Waals surface area contributed by atoms with Gasteiger partial charge >= 0.3 is 0 Å². The molecule has 106 valence electrons. The fraction of sp³-hybridized carbons (Fsp3) is 0.286. The van der Waals surface area contributed by atoms with Crippen molar-refractivity contribution in [1.82, 2.24) is 15.5 Å². The number of halogens is 1. The van der Waals surface area contributed by atoms with E-state index in [0.717, 1.165) is 5.56 Å². The van der Waals surface area contributed by atoms with Crippen molar-refractivity contribution >= 4 is 5.91 Å². The molecule has 0 fully saturated rings. The van der Waals surface area contributed by atoms with Crippen LogP contribution in [0.1, 0.15) is 17.4 Å². The third-order valence-electron chi connectivity index (χ3n) is 2.76. The molecule has 0 saturated heterocycles. The molecule has 0 aliphatic heterocycles. The first-order chi connectivity index (χ1) is 9.60. The van der Waals surface area contributed by atoms with Crippen LogP contribution < -0.4 is 5.32 Å². The summed E-state index contributed by atoms with van der Waals surface area (Å²) in [7, 11) is 1.57. The molecule has 0 saturated carbocycles. The number of aromatic nitrogens is 2. The van der Waals surface area contributed by atoms with Crippen molar-refractivity contribution in [3.63, 3.8) is 0 Å². The number of carbonyl (C=O) groups excluding carboxylic acids is 1. The Balaban J connectivity index is 2.08. The first-order valence-electron chi connectivity index (χ1n) is 6.21. The minimum absolute atomic E-state index is 0.0925. The van der Waals surface area contributed by atoms with Crippen LogP contribution in [0.15, 0.2) is 30.3 Å². The standard InChI is InChI=1S/C14H16FN3O2/c1-9(8-20-2)16-14(19)13-7-12(17-18-13)10-3-5-11(15)6-4-10/h3-7,9H,8H2,1-2H3,(H,16,19)(H,17,18)/t9-/m0/s1. The number of amides is 1. The Labute approximate surface area is 116 Å². The Bertz CT molecular complexity index is 580. The Morgan fingerprint density at radius 3 is 2.80 bits per heavy atom. The highest BCUT2D eigenvalue weighted by Gasteiger charge is 2.13. The van der Waals surface area contributed by atoms with Crippen molar-refractivity contribution in [2.45, 2.75) is 13.0 Å².